The molecular weight excluding hydrogens is 677 g/mol. The number of para-hydroxylation sites is 3. The largest absolute Gasteiger partial charge is 0.333 e. The Morgan fingerprint density at radius 2 is 1.45 bits per heavy atom. The van der Waals surface area contributed by atoms with Gasteiger partial charge in [0.15, 0.2) is 0 Å². The van der Waals surface area contributed by atoms with Crippen molar-refractivity contribution in [1.82, 2.24) is 9.13 Å². The van der Waals surface area contributed by atoms with Gasteiger partial charge in [-0.05, 0) is 133 Å². The van der Waals surface area contributed by atoms with Gasteiger partial charge in [-0.1, -0.05) is 134 Å². The number of benzene rings is 4. The number of aromatic nitrogens is 2. The first-order valence-corrected chi connectivity index (χ1v) is 21.0. The van der Waals surface area contributed by atoms with E-state index in [1.165, 1.54) is 84.8 Å². The Kier molecular flexibility index (Phi) is 8.38. The van der Waals surface area contributed by atoms with Crippen molar-refractivity contribution in [2.45, 2.75) is 69.2 Å². The smallest absolute Gasteiger partial charge is 0.0572 e. The van der Waals surface area contributed by atoms with Gasteiger partial charge in [-0.3, -0.25) is 0 Å². The molecule has 6 aromatic rings. The summed E-state index contributed by atoms with van der Waals surface area (Å²) in [5.41, 5.74) is 15.5. The molecule has 0 spiro atoms. The van der Waals surface area contributed by atoms with Crippen molar-refractivity contribution in [3.63, 3.8) is 0 Å². The lowest BCUT2D eigenvalue weighted by Crippen LogP contribution is -2.23. The predicted octanol–water partition coefficient (Wildman–Crippen LogP) is 14.0. The van der Waals surface area contributed by atoms with E-state index in [4.69, 9.17) is 0 Å². The minimum Gasteiger partial charge on any atom is -0.333 e. The second-order valence-corrected chi connectivity index (χ2v) is 16.4. The average molecular weight is 725 g/mol. The topological polar surface area (TPSA) is 9.86 Å². The van der Waals surface area contributed by atoms with Crippen LogP contribution in [0.2, 0.25) is 0 Å². The number of allylic oxidation sites excluding steroid dienone is 16. The molecule has 0 aliphatic heterocycles. The molecule has 0 N–H and O–H groups in total. The third kappa shape index (κ3) is 5.61. The molecule has 0 saturated heterocycles. The minimum absolute atomic E-state index is 0.231. The van der Waals surface area contributed by atoms with E-state index in [0.717, 1.165) is 38.5 Å². The highest BCUT2D eigenvalue weighted by atomic mass is 15.0. The van der Waals surface area contributed by atoms with E-state index >= 15 is 0 Å². The predicted molar refractivity (Wildman–Crippen MR) is 236 cm³/mol. The van der Waals surface area contributed by atoms with Gasteiger partial charge in [0.05, 0.1) is 11.6 Å². The van der Waals surface area contributed by atoms with Crippen LogP contribution < -0.4 is 0 Å². The Hall–Kier alpha value is -5.86. The zero-order valence-corrected chi connectivity index (χ0v) is 32.0. The second kappa shape index (κ2) is 14.0. The van der Waals surface area contributed by atoms with E-state index in [9.17, 15) is 0 Å². The molecule has 56 heavy (non-hydrogen) atoms. The summed E-state index contributed by atoms with van der Waals surface area (Å²) in [6, 6.07) is 37.0. The zero-order valence-electron chi connectivity index (χ0n) is 32.0. The molecule has 4 atom stereocenters. The van der Waals surface area contributed by atoms with Crippen LogP contribution in [0.5, 0.6) is 0 Å². The van der Waals surface area contributed by atoms with Crippen LogP contribution in [-0.4, -0.2) is 9.13 Å². The first-order chi connectivity index (χ1) is 27.8. The summed E-state index contributed by atoms with van der Waals surface area (Å²) in [5.74, 6) is 1.12. The standard InChI is InChI=1S/C54H48N2/c1-4-17-37(18-5-1)40-33-41(38-19-6-2-7-20-38)35-43(34-40)56-50-28-14-12-25-46(50)49-36-39(31-32-52(49)56)44-23-10-11-24-45(44)47-27-16-30-53-54(47)48-26-13-15-29-51(48)55(53)42-21-8-3-9-22-42/h1,3-4,6,8-15,17,19-26,28-29,31-34,36,43-45,47H,2,5,7,16,18,27,30,35H2. The SMILES string of the molecule is C1=CCCC(C2=CC(n3c4ccccc4c4cc(C5C=CC=CC5C5CCCc6c5c5ccccc5n6-c5ccccc5)ccc43)CC(C3=CCCC=C3)=C2)=C1. The lowest BCUT2D eigenvalue weighted by Gasteiger charge is -2.35. The maximum absolute atomic E-state index is 2.66. The summed E-state index contributed by atoms with van der Waals surface area (Å²) in [4.78, 5) is 0. The molecule has 4 unspecified atom stereocenters. The fraction of sp³-hybridized carbons (Fsp3) is 0.222. The molecule has 274 valence electrons. The molecule has 5 aliphatic carbocycles. The summed E-state index contributed by atoms with van der Waals surface area (Å²) in [6.07, 6.45) is 37.7. The van der Waals surface area contributed by atoms with Gasteiger partial charge in [-0.25, -0.2) is 0 Å². The van der Waals surface area contributed by atoms with Gasteiger partial charge in [-0.15, -0.1) is 0 Å². The molecule has 0 saturated carbocycles. The van der Waals surface area contributed by atoms with Crippen LogP contribution >= 0.6 is 0 Å². The Labute approximate surface area is 330 Å². The van der Waals surface area contributed by atoms with Gasteiger partial charge in [0.2, 0.25) is 0 Å². The summed E-state index contributed by atoms with van der Waals surface area (Å²) in [7, 11) is 0. The van der Waals surface area contributed by atoms with Crippen molar-refractivity contribution >= 4 is 32.7 Å². The first-order valence-electron chi connectivity index (χ1n) is 21.0. The highest BCUT2D eigenvalue weighted by molar-refractivity contribution is 6.08. The van der Waals surface area contributed by atoms with Crippen LogP contribution in [0.25, 0.3) is 38.4 Å². The monoisotopic (exact) mass is 724 g/mol. The van der Waals surface area contributed by atoms with Gasteiger partial charge in [0.1, 0.15) is 0 Å². The van der Waals surface area contributed by atoms with Crippen molar-refractivity contribution in [1.29, 1.82) is 0 Å². The van der Waals surface area contributed by atoms with Crippen molar-refractivity contribution in [2.75, 3.05) is 0 Å². The summed E-state index contributed by atoms with van der Waals surface area (Å²) < 4.78 is 5.22. The van der Waals surface area contributed by atoms with Crippen molar-refractivity contribution in [3.8, 4) is 5.69 Å². The molecule has 0 bridgehead atoms. The fourth-order valence-corrected chi connectivity index (χ4v) is 10.8. The van der Waals surface area contributed by atoms with Crippen LogP contribution in [0.15, 0.2) is 192 Å². The van der Waals surface area contributed by atoms with E-state index in [-0.39, 0.29) is 6.04 Å². The lowest BCUT2D eigenvalue weighted by atomic mass is 9.69. The Bertz CT molecular complexity index is 2760. The minimum atomic E-state index is 0.231. The molecule has 2 heterocycles. The highest BCUT2D eigenvalue weighted by Gasteiger charge is 2.36. The summed E-state index contributed by atoms with van der Waals surface area (Å²) >= 11 is 0. The number of hydrogen-bond donors (Lipinski definition) is 0. The maximum atomic E-state index is 2.66. The Morgan fingerprint density at radius 1 is 0.625 bits per heavy atom. The van der Waals surface area contributed by atoms with Gasteiger partial charge < -0.3 is 9.13 Å². The van der Waals surface area contributed by atoms with Crippen LogP contribution in [0.1, 0.15) is 79.6 Å². The number of rotatable bonds is 6. The van der Waals surface area contributed by atoms with E-state index < -0.39 is 0 Å². The molecular formula is C54H48N2. The molecule has 2 aromatic heterocycles. The first kappa shape index (κ1) is 33.5. The van der Waals surface area contributed by atoms with Crippen LogP contribution in [0.4, 0.5) is 0 Å². The third-order valence-corrected chi connectivity index (χ3v) is 13.3. The number of nitrogens with zero attached hydrogens (tertiary/aromatic N) is 2. The van der Waals surface area contributed by atoms with E-state index in [0.29, 0.717) is 17.8 Å². The highest BCUT2D eigenvalue weighted by Crippen LogP contribution is 2.50. The molecule has 2 heteroatoms. The van der Waals surface area contributed by atoms with Crippen LogP contribution in [0, 0.1) is 5.92 Å². The average Bonchev–Trinajstić information content (AvgIpc) is 3.80. The van der Waals surface area contributed by atoms with Crippen LogP contribution in [0.3, 0.4) is 0 Å². The number of hydrogen-bond acceptors (Lipinski definition) is 0. The summed E-state index contributed by atoms with van der Waals surface area (Å²) in [6.45, 7) is 0. The molecule has 2 nitrogen and oxygen atoms in total. The van der Waals surface area contributed by atoms with E-state index in [1.54, 1.807) is 5.56 Å². The zero-order chi connectivity index (χ0) is 37.0. The third-order valence-electron chi connectivity index (χ3n) is 13.3. The summed E-state index contributed by atoms with van der Waals surface area (Å²) in [5, 5.41) is 4.14. The van der Waals surface area contributed by atoms with E-state index in [2.05, 4.69) is 179 Å². The Morgan fingerprint density at radius 3 is 2.30 bits per heavy atom. The maximum Gasteiger partial charge on any atom is 0.0572 e. The molecule has 0 radical (unpaired) electrons. The van der Waals surface area contributed by atoms with E-state index in [1.807, 2.05) is 0 Å². The fourth-order valence-electron chi connectivity index (χ4n) is 10.8. The quantitative estimate of drug-likeness (QED) is 0.162. The van der Waals surface area contributed by atoms with Gasteiger partial charge in [0, 0.05) is 44.5 Å². The molecule has 4 aromatic carbocycles. The number of fused-ring (bicyclic) bond motifs is 6. The molecule has 0 amide bonds. The molecule has 0 fully saturated rings. The lowest BCUT2D eigenvalue weighted by molar-refractivity contribution is 0.410. The van der Waals surface area contributed by atoms with Crippen molar-refractivity contribution in [3.05, 3.63) is 209 Å². The normalized spacial score (nSPS) is 23.3. The Balaban J connectivity index is 1.02. The van der Waals surface area contributed by atoms with Gasteiger partial charge in [-0.2, -0.15) is 0 Å². The van der Waals surface area contributed by atoms with Crippen molar-refractivity contribution in [2.24, 2.45) is 5.92 Å². The van der Waals surface area contributed by atoms with Crippen molar-refractivity contribution < 1.29 is 0 Å². The van der Waals surface area contributed by atoms with Crippen LogP contribution in [-0.2, 0) is 6.42 Å². The molecule has 11 rings (SSSR count). The van der Waals surface area contributed by atoms with Gasteiger partial charge >= 0.3 is 0 Å². The second-order valence-electron chi connectivity index (χ2n) is 16.4. The van der Waals surface area contributed by atoms with Gasteiger partial charge in [0.25, 0.3) is 0 Å². The molecule has 5 aliphatic rings.